The van der Waals surface area contributed by atoms with E-state index >= 15 is 0 Å². The first kappa shape index (κ1) is 29.1. The first-order valence-corrected chi connectivity index (χ1v) is 13.6. The molecule has 3 amide bonds. The number of piperidine rings is 2. The van der Waals surface area contributed by atoms with E-state index in [9.17, 15) is 23.2 Å². The second-order valence-electron chi connectivity index (χ2n) is 10.0. The Kier molecular flexibility index (Phi) is 9.33. The maximum Gasteiger partial charge on any atom is 0.387 e. The van der Waals surface area contributed by atoms with Crippen LogP contribution in [0.25, 0.3) is 0 Å². The highest BCUT2D eigenvalue weighted by Crippen LogP contribution is 2.35. The third kappa shape index (κ3) is 6.81. The Morgan fingerprint density at radius 3 is 2.18 bits per heavy atom. The number of amides is 3. The standard InChI is InChI=1S/C28H31Cl2F2N3O4/c1-17(36)34-12-9-19(10-13-34)27(38)35-14-11-25(22(16-35)20-5-8-23(29)24(30)15-20)33(2)26(37)18-3-6-21(7-4-18)39-28(31)32/h3-8,15,19,22,25,28H,9-14,16H2,1-2H3/t22?,25-/m1/s1. The van der Waals surface area contributed by atoms with E-state index < -0.39 is 6.61 Å². The van der Waals surface area contributed by atoms with Crippen LogP contribution < -0.4 is 4.74 Å². The molecule has 0 spiro atoms. The van der Waals surface area contributed by atoms with Gasteiger partial charge in [-0.1, -0.05) is 29.3 Å². The largest absolute Gasteiger partial charge is 0.435 e. The Balaban J connectivity index is 1.53. The van der Waals surface area contributed by atoms with Crippen molar-refractivity contribution in [2.45, 2.75) is 44.8 Å². The van der Waals surface area contributed by atoms with Crippen LogP contribution in [0.15, 0.2) is 42.5 Å². The first-order chi connectivity index (χ1) is 18.5. The summed E-state index contributed by atoms with van der Waals surface area (Å²) in [5.74, 6) is -0.607. The number of carbonyl (C=O) groups excluding carboxylic acids is 3. The molecule has 4 rings (SSSR count). The molecule has 2 heterocycles. The van der Waals surface area contributed by atoms with Crippen molar-refractivity contribution in [1.29, 1.82) is 0 Å². The summed E-state index contributed by atoms with van der Waals surface area (Å²) in [6.45, 7) is 0.599. The van der Waals surface area contributed by atoms with E-state index in [0.29, 0.717) is 61.1 Å². The summed E-state index contributed by atoms with van der Waals surface area (Å²) in [6, 6.07) is 10.7. The Bertz CT molecular complexity index is 1210. The molecule has 11 heteroatoms. The van der Waals surface area contributed by atoms with Gasteiger partial charge in [-0.15, -0.1) is 0 Å². The Hall–Kier alpha value is -2.91. The molecule has 2 fully saturated rings. The van der Waals surface area contributed by atoms with Crippen molar-refractivity contribution >= 4 is 40.9 Å². The number of hydrogen-bond donors (Lipinski definition) is 0. The molecule has 0 aliphatic carbocycles. The van der Waals surface area contributed by atoms with Crippen molar-refractivity contribution in [1.82, 2.24) is 14.7 Å². The van der Waals surface area contributed by atoms with Gasteiger partial charge in [0.15, 0.2) is 0 Å². The second kappa shape index (κ2) is 12.5. The van der Waals surface area contributed by atoms with Gasteiger partial charge in [0.1, 0.15) is 5.75 Å². The molecule has 2 aliphatic heterocycles. The van der Waals surface area contributed by atoms with Crippen molar-refractivity contribution in [2.75, 3.05) is 33.2 Å². The minimum absolute atomic E-state index is 0.0188. The van der Waals surface area contributed by atoms with Crippen molar-refractivity contribution in [3.05, 3.63) is 63.6 Å². The second-order valence-corrected chi connectivity index (χ2v) is 10.8. The Labute approximate surface area is 236 Å². The van der Waals surface area contributed by atoms with Crippen LogP contribution in [0.4, 0.5) is 8.78 Å². The summed E-state index contributed by atoms with van der Waals surface area (Å²) < 4.78 is 29.4. The highest BCUT2D eigenvalue weighted by molar-refractivity contribution is 6.42. The normalized spacial score (nSPS) is 20.2. The van der Waals surface area contributed by atoms with Crippen LogP contribution in [0.1, 0.15) is 48.0 Å². The zero-order valence-corrected chi connectivity index (χ0v) is 23.3. The molecule has 210 valence electrons. The van der Waals surface area contributed by atoms with Gasteiger partial charge in [-0.3, -0.25) is 14.4 Å². The predicted molar refractivity (Wildman–Crippen MR) is 144 cm³/mol. The average Bonchev–Trinajstić information content (AvgIpc) is 2.93. The summed E-state index contributed by atoms with van der Waals surface area (Å²) >= 11 is 12.5. The summed E-state index contributed by atoms with van der Waals surface area (Å²) in [5.41, 5.74) is 1.20. The fraction of sp³-hybridized carbons (Fsp3) is 0.464. The fourth-order valence-electron chi connectivity index (χ4n) is 5.51. The Morgan fingerprint density at radius 1 is 0.949 bits per heavy atom. The number of carbonyl (C=O) groups is 3. The fourth-order valence-corrected chi connectivity index (χ4v) is 5.81. The van der Waals surface area contributed by atoms with E-state index in [4.69, 9.17) is 23.2 Å². The lowest BCUT2D eigenvalue weighted by atomic mass is 9.83. The molecular weight excluding hydrogens is 551 g/mol. The lowest BCUT2D eigenvalue weighted by Gasteiger charge is -2.44. The number of ether oxygens (including phenoxy) is 1. The lowest BCUT2D eigenvalue weighted by molar-refractivity contribution is -0.141. The van der Waals surface area contributed by atoms with Gasteiger partial charge in [-0.05, 0) is 61.2 Å². The lowest BCUT2D eigenvalue weighted by Crippen LogP contribution is -2.53. The van der Waals surface area contributed by atoms with Gasteiger partial charge < -0.3 is 19.4 Å². The molecule has 39 heavy (non-hydrogen) atoms. The summed E-state index contributed by atoms with van der Waals surface area (Å²) in [4.78, 5) is 43.8. The van der Waals surface area contributed by atoms with E-state index in [1.807, 2.05) is 11.0 Å². The topological polar surface area (TPSA) is 70.2 Å². The number of likely N-dealkylation sites (N-methyl/N-ethyl adjacent to an activating group) is 1. The average molecular weight is 582 g/mol. The monoisotopic (exact) mass is 581 g/mol. The van der Waals surface area contributed by atoms with Crippen LogP contribution >= 0.6 is 23.2 Å². The minimum atomic E-state index is -2.95. The predicted octanol–water partition coefficient (Wildman–Crippen LogP) is 5.31. The van der Waals surface area contributed by atoms with Gasteiger partial charge in [0.2, 0.25) is 11.8 Å². The van der Waals surface area contributed by atoms with Crippen LogP contribution in [-0.4, -0.2) is 78.3 Å². The number of rotatable bonds is 6. The van der Waals surface area contributed by atoms with Crippen LogP contribution in [0.5, 0.6) is 5.75 Å². The number of alkyl halides is 2. The van der Waals surface area contributed by atoms with Crippen molar-refractivity contribution in [2.24, 2.45) is 5.92 Å². The van der Waals surface area contributed by atoms with Crippen molar-refractivity contribution in [3.8, 4) is 5.75 Å². The first-order valence-electron chi connectivity index (χ1n) is 12.9. The summed E-state index contributed by atoms with van der Waals surface area (Å²) in [5, 5.41) is 0.796. The molecule has 2 aliphatic rings. The zero-order valence-electron chi connectivity index (χ0n) is 21.8. The van der Waals surface area contributed by atoms with E-state index in [0.717, 1.165) is 5.56 Å². The molecule has 0 N–H and O–H groups in total. The van der Waals surface area contributed by atoms with Gasteiger partial charge in [-0.25, -0.2) is 0 Å². The molecule has 2 atom stereocenters. The van der Waals surface area contributed by atoms with Crippen molar-refractivity contribution in [3.63, 3.8) is 0 Å². The molecular formula is C28H31Cl2F2N3O4. The quantitative estimate of drug-likeness (QED) is 0.463. The highest BCUT2D eigenvalue weighted by atomic mass is 35.5. The van der Waals surface area contributed by atoms with Crippen molar-refractivity contribution < 1.29 is 27.9 Å². The van der Waals surface area contributed by atoms with E-state index in [1.54, 1.807) is 29.0 Å². The molecule has 0 radical (unpaired) electrons. The van der Waals surface area contributed by atoms with Crippen LogP contribution in [-0.2, 0) is 9.59 Å². The van der Waals surface area contributed by atoms with E-state index in [2.05, 4.69) is 4.74 Å². The molecule has 7 nitrogen and oxygen atoms in total. The molecule has 0 aromatic heterocycles. The molecule has 2 aromatic carbocycles. The number of hydrogen-bond acceptors (Lipinski definition) is 4. The minimum Gasteiger partial charge on any atom is -0.435 e. The Morgan fingerprint density at radius 2 is 1.59 bits per heavy atom. The van der Waals surface area contributed by atoms with Gasteiger partial charge in [-0.2, -0.15) is 8.78 Å². The van der Waals surface area contributed by atoms with E-state index in [-0.39, 0.29) is 41.3 Å². The molecule has 1 unspecified atom stereocenters. The summed E-state index contributed by atoms with van der Waals surface area (Å²) in [6.07, 6.45) is 1.79. The van der Waals surface area contributed by atoms with Crippen LogP contribution in [0, 0.1) is 5.92 Å². The zero-order chi connectivity index (χ0) is 28.3. The SMILES string of the molecule is CC(=O)N1CCC(C(=O)N2CC[C@@H](N(C)C(=O)c3ccc(OC(F)F)cc3)C(c3ccc(Cl)c(Cl)c3)C2)CC1. The maximum atomic E-state index is 13.5. The summed E-state index contributed by atoms with van der Waals surface area (Å²) in [7, 11) is 1.70. The number of likely N-dealkylation sites (tertiary alicyclic amines) is 2. The van der Waals surface area contributed by atoms with Gasteiger partial charge >= 0.3 is 6.61 Å². The third-order valence-electron chi connectivity index (χ3n) is 7.69. The van der Waals surface area contributed by atoms with Crippen LogP contribution in [0.2, 0.25) is 10.0 Å². The van der Waals surface area contributed by atoms with E-state index in [1.165, 1.54) is 31.2 Å². The number of nitrogens with zero attached hydrogens (tertiary/aromatic N) is 3. The smallest absolute Gasteiger partial charge is 0.387 e. The van der Waals surface area contributed by atoms with Gasteiger partial charge in [0, 0.05) is 63.6 Å². The highest BCUT2D eigenvalue weighted by Gasteiger charge is 2.39. The maximum absolute atomic E-state index is 13.5. The van der Waals surface area contributed by atoms with Crippen LogP contribution in [0.3, 0.4) is 0 Å². The van der Waals surface area contributed by atoms with Gasteiger partial charge in [0.25, 0.3) is 5.91 Å². The molecule has 2 aromatic rings. The molecule has 0 saturated carbocycles. The third-order valence-corrected chi connectivity index (χ3v) is 8.43. The number of halogens is 4. The number of benzene rings is 2. The molecule has 0 bridgehead atoms. The molecule has 2 saturated heterocycles. The van der Waals surface area contributed by atoms with Gasteiger partial charge in [0.05, 0.1) is 10.0 Å².